The van der Waals surface area contributed by atoms with Crippen molar-refractivity contribution < 1.29 is 23.1 Å². The van der Waals surface area contributed by atoms with Crippen molar-refractivity contribution in [3.63, 3.8) is 0 Å². The summed E-state index contributed by atoms with van der Waals surface area (Å²) in [6.45, 7) is 1.82. The molecule has 27 heavy (non-hydrogen) atoms. The second-order valence-corrected chi connectivity index (χ2v) is 7.87. The highest BCUT2D eigenvalue weighted by Crippen LogP contribution is 2.27. The van der Waals surface area contributed by atoms with Gasteiger partial charge in [-0.3, -0.25) is 4.79 Å². The Bertz CT molecular complexity index is 981. The van der Waals surface area contributed by atoms with E-state index in [1.165, 1.54) is 6.07 Å². The van der Waals surface area contributed by atoms with Crippen LogP contribution in [0.2, 0.25) is 0 Å². The highest BCUT2D eigenvalue weighted by molar-refractivity contribution is 7.87. The molecule has 5 N–H and O–H groups in total. The van der Waals surface area contributed by atoms with Crippen molar-refractivity contribution in [2.75, 3.05) is 19.6 Å². The van der Waals surface area contributed by atoms with E-state index in [1.807, 2.05) is 0 Å². The Hall–Kier alpha value is -2.69. The monoisotopic (exact) mass is 392 g/mol. The van der Waals surface area contributed by atoms with Crippen LogP contribution in [-0.2, 0) is 10.2 Å². The quantitative estimate of drug-likeness (QED) is 0.667. The molecule has 1 aliphatic heterocycles. The summed E-state index contributed by atoms with van der Waals surface area (Å²) in [7, 11) is -4.24. The summed E-state index contributed by atoms with van der Waals surface area (Å²) in [5, 5.41) is 14.4. The molecule has 0 saturated carbocycles. The maximum absolute atomic E-state index is 12.6. The Kier molecular flexibility index (Phi) is 5.05. The maximum Gasteiger partial charge on any atom is 0.354 e. The number of hydrogen-bond acceptors (Lipinski definition) is 5. The van der Waals surface area contributed by atoms with Crippen LogP contribution in [0.4, 0.5) is 0 Å². The van der Waals surface area contributed by atoms with E-state index in [4.69, 9.17) is 10.9 Å². The molecule has 0 spiro atoms. The Morgan fingerprint density at radius 1 is 1.19 bits per heavy atom. The third-order valence-corrected chi connectivity index (χ3v) is 5.53. The molecule has 1 aliphatic rings. The van der Waals surface area contributed by atoms with Crippen LogP contribution in [0, 0.1) is 5.92 Å². The number of carbonyl (C=O) groups is 2. The van der Waals surface area contributed by atoms with E-state index >= 15 is 0 Å². The third-order valence-electron chi connectivity index (χ3n) is 4.68. The number of aromatic carboxylic acids is 1. The zero-order chi connectivity index (χ0) is 19.8. The zero-order valence-electron chi connectivity index (χ0n) is 14.4. The van der Waals surface area contributed by atoms with Gasteiger partial charge in [0.15, 0.2) is 5.69 Å². The molecule has 1 unspecified atom stereocenters. The van der Waals surface area contributed by atoms with Gasteiger partial charge in [0.1, 0.15) is 0 Å². The molecule has 2 heterocycles. The largest absolute Gasteiger partial charge is 0.477 e. The highest BCUT2D eigenvalue weighted by Gasteiger charge is 2.26. The molecular weight excluding hydrogens is 372 g/mol. The number of hydrogen-bond donors (Lipinski definition) is 3. The Morgan fingerprint density at radius 2 is 1.85 bits per heavy atom. The Balaban J connectivity index is 1.89. The van der Waals surface area contributed by atoms with Crippen LogP contribution < -0.4 is 10.9 Å². The summed E-state index contributed by atoms with van der Waals surface area (Å²) in [6, 6.07) is 7.70. The van der Waals surface area contributed by atoms with E-state index in [-0.39, 0.29) is 11.5 Å². The molecule has 1 aromatic carbocycles. The van der Waals surface area contributed by atoms with Crippen molar-refractivity contribution >= 4 is 22.1 Å². The fraction of sp³-hybridized carbons (Fsp3) is 0.294. The first-order chi connectivity index (χ1) is 12.7. The van der Waals surface area contributed by atoms with Crippen LogP contribution in [0.3, 0.4) is 0 Å². The van der Waals surface area contributed by atoms with Gasteiger partial charge in [-0.15, -0.1) is 0 Å². The number of amides is 1. The molecule has 3 rings (SSSR count). The average molecular weight is 392 g/mol. The van der Waals surface area contributed by atoms with E-state index in [0.29, 0.717) is 40.7 Å². The van der Waals surface area contributed by atoms with Gasteiger partial charge in [-0.25, -0.2) is 13.9 Å². The fourth-order valence-electron chi connectivity index (χ4n) is 3.25. The number of nitrogens with zero attached hydrogens (tertiary/aromatic N) is 2. The van der Waals surface area contributed by atoms with Crippen molar-refractivity contribution in [3.05, 3.63) is 47.8 Å². The standard InChI is InChI=1S/C17H20N4O5S/c18-9-11-5-7-20(10-11)16(22)13-3-1-12(2-4-13)14-6-8-21(27(19,25)26)15(14)17(23)24/h1-4,6,8,11H,5,7,9-10,18H2,(H,23,24)(H2,19,25,26). The van der Waals surface area contributed by atoms with Crippen molar-refractivity contribution in [2.24, 2.45) is 16.8 Å². The molecule has 10 heteroatoms. The second kappa shape index (κ2) is 7.14. The van der Waals surface area contributed by atoms with Gasteiger partial charge in [0.05, 0.1) is 0 Å². The van der Waals surface area contributed by atoms with Gasteiger partial charge in [0.25, 0.3) is 5.91 Å². The second-order valence-electron chi connectivity index (χ2n) is 6.44. The topological polar surface area (TPSA) is 149 Å². The lowest BCUT2D eigenvalue weighted by molar-refractivity contribution is 0.0689. The van der Waals surface area contributed by atoms with Crippen LogP contribution >= 0.6 is 0 Å². The van der Waals surface area contributed by atoms with Gasteiger partial charge in [0.2, 0.25) is 0 Å². The fourth-order valence-corrected chi connectivity index (χ4v) is 3.91. The molecule has 9 nitrogen and oxygen atoms in total. The van der Waals surface area contributed by atoms with E-state index in [9.17, 15) is 23.1 Å². The molecule has 144 valence electrons. The maximum atomic E-state index is 12.6. The molecule has 1 atom stereocenters. The van der Waals surface area contributed by atoms with Crippen LogP contribution in [-0.4, -0.2) is 53.9 Å². The number of benzene rings is 1. The minimum Gasteiger partial charge on any atom is -0.477 e. The minimum atomic E-state index is -4.24. The minimum absolute atomic E-state index is 0.113. The van der Waals surface area contributed by atoms with Crippen LogP contribution in [0.5, 0.6) is 0 Å². The van der Waals surface area contributed by atoms with Gasteiger partial charge in [-0.05, 0) is 42.6 Å². The molecule has 1 fully saturated rings. The lowest BCUT2D eigenvalue weighted by Gasteiger charge is -2.16. The molecular formula is C17H20N4O5S. The zero-order valence-corrected chi connectivity index (χ0v) is 15.2. The van der Waals surface area contributed by atoms with Gasteiger partial charge in [0, 0.05) is 30.4 Å². The molecule has 1 aromatic heterocycles. The van der Waals surface area contributed by atoms with Crippen LogP contribution in [0.15, 0.2) is 36.5 Å². The van der Waals surface area contributed by atoms with E-state index in [2.05, 4.69) is 0 Å². The predicted octanol–water partition coefficient (Wildman–Crippen LogP) is 0.326. The predicted molar refractivity (Wildman–Crippen MR) is 98.4 cm³/mol. The number of aromatic nitrogens is 1. The number of carboxylic acids is 1. The number of likely N-dealkylation sites (tertiary alicyclic amines) is 1. The smallest absolute Gasteiger partial charge is 0.354 e. The van der Waals surface area contributed by atoms with Crippen molar-refractivity contribution in [1.29, 1.82) is 0 Å². The summed E-state index contributed by atoms with van der Waals surface area (Å²) in [5.41, 5.74) is 6.33. The van der Waals surface area contributed by atoms with Crippen LogP contribution in [0.1, 0.15) is 27.3 Å². The van der Waals surface area contributed by atoms with Crippen LogP contribution in [0.25, 0.3) is 11.1 Å². The lowest BCUT2D eigenvalue weighted by atomic mass is 10.0. The first kappa shape index (κ1) is 19.1. The molecule has 2 aromatic rings. The molecule has 0 aliphatic carbocycles. The lowest BCUT2D eigenvalue weighted by Crippen LogP contribution is -2.29. The first-order valence-corrected chi connectivity index (χ1v) is 9.80. The van der Waals surface area contributed by atoms with Crippen molar-refractivity contribution in [2.45, 2.75) is 6.42 Å². The average Bonchev–Trinajstić information content (AvgIpc) is 3.28. The summed E-state index contributed by atoms with van der Waals surface area (Å²) in [5.74, 6) is -1.23. The number of carbonyl (C=O) groups excluding carboxylic acids is 1. The number of rotatable bonds is 5. The van der Waals surface area contributed by atoms with Gasteiger partial charge < -0.3 is 15.7 Å². The van der Waals surface area contributed by atoms with E-state index in [1.54, 1.807) is 29.2 Å². The van der Waals surface area contributed by atoms with Gasteiger partial charge in [-0.1, -0.05) is 12.1 Å². The molecule has 0 radical (unpaired) electrons. The normalized spacial score (nSPS) is 17.3. The third kappa shape index (κ3) is 3.72. The van der Waals surface area contributed by atoms with Crippen molar-refractivity contribution in [3.8, 4) is 11.1 Å². The summed E-state index contributed by atoms with van der Waals surface area (Å²) < 4.78 is 23.6. The summed E-state index contributed by atoms with van der Waals surface area (Å²) in [4.78, 5) is 25.8. The summed E-state index contributed by atoms with van der Waals surface area (Å²) >= 11 is 0. The first-order valence-electron chi connectivity index (χ1n) is 8.30. The van der Waals surface area contributed by atoms with Gasteiger partial charge in [-0.2, -0.15) is 8.42 Å². The SMILES string of the molecule is NCC1CCN(C(=O)c2ccc(-c3ccn(S(N)(=O)=O)c3C(=O)O)cc2)C1. The molecule has 1 saturated heterocycles. The van der Waals surface area contributed by atoms with Gasteiger partial charge >= 0.3 is 16.2 Å². The Labute approximate surface area is 156 Å². The Morgan fingerprint density at radius 3 is 2.37 bits per heavy atom. The summed E-state index contributed by atoms with van der Waals surface area (Å²) in [6.07, 6.45) is 1.97. The van der Waals surface area contributed by atoms with Crippen molar-refractivity contribution in [1.82, 2.24) is 8.87 Å². The van der Waals surface area contributed by atoms with E-state index < -0.39 is 21.9 Å². The van der Waals surface area contributed by atoms with E-state index in [0.717, 1.165) is 12.6 Å². The highest BCUT2D eigenvalue weighted by atomic mass is 32.2. The number of carboxylic acid groups (broad SMARTS) is 1. The number of nitrogens with two attached hydrogens (primary N) is 2. The molecule has 0 bridgehead atoms. The molecule has 1 amide bonds.